The van der Waals surface area contributed by atoms with Crippen LogP contribution in [0.3, 0.4) is 0 Å². The zero-order valence-corrected chi connectivity index (χ0v) is 36.7. The first-order valence-corrected chi connectivity index (χ1v) is 25.2. The van der Waals surface area contributed by atoms with E-state index < -0.39 is 51.7 Å². The van der Waals surface area contributed by atoms with Gasteiger partial charge in [0.05, 0.1) is 18.8 Å². The van der Waals surface area contributed by atoms with Gasteiger partial charge in [0.25, 0.3) is 8.32 Å². The number of nitrogens with zero attached hydrogens (tertiary/aromatic N) is 1. The van der Waals surface area contributed by atoms with E-state index >= 15 is 0 Å². The van der Waals surface area contributed by atoms with Crippen LogP contribution in [0.25, 0.3) is 0 Å². The molecule has 0 aromatic heterocycles. The number of ketones is 1. The zero-order chi connectivity index (χ0) is 39.7. The summed E-state index contributed by atoms with van der Waals surface area (Å²) in [5, 5.41) is 1.70. The SMILES string of the molecule is CCCCCCCCC[C@@H]1O[C@H]1/C=C/C(=O)[C@@H]1C(=O)N(C(=O)OC(C)(C)C)[C@H](CO[Si](C)(C)C(C)(C)C)[C@H]1[Si](OCC)(c1ccccc1)c1ccccc1. The van der Waals surface area contributed by atoms with Gasteiger partial charge in [-0.3, -0.25) is 9.59 Å². The van der Waals surface area contributed by atoms with Crippen molar-refractivity contribution in [2.45, 2.75) is 154 Å². The molecule has 2 aromatic rings. The van der Waals surface area contributed by atoms with Gasteiger partial charge in [0.1, 0.15) is 17.6 Å². The van der Waals surface area contributed by atoms with Crippen molar-refractivity contribution in [3.05, 3.63) is 72.8 Å². The maximum Gasteiger partial charge on any atom is 0.417 e. The molecule has 2 aliphatic rings. The average molecular weight is 778 g/mol. The molecule has 2 amide bonds. The number of carbonyl (C=O) groups is 3. The fraction of sp³-hybridized carbons (Fsp3) is 0.614. The lowest BCUT2D eigenvalue weighted by Gasteiger charge is -2.43. The third kappa shape index (κ3) is 10.7. The van der Waals surface area contributed by atoms with E-state index in [0.717, 1.165) is 23.2 Å². The van der Waals surface area contributed by atoms with Crippen LogP contribution in [-0.4, -0.2) is 76.4 Å². The Morgan fingerprint density at radius 2 is 1.37 bits per heavy atom. The number of allylic oxidation sites excluding steroid dienone is 1. The van der Waals surface area contributed by atoms with Crippen molar-refractivity contribution >= 4 is 44.8 Å². The molecule has 0 unspecified atom stereocenters. The number of ether oxygens (including phenoxy) is 2. The number of hydrogen-bond acceptors (Lipinski definition) is 7. The number of imide groups is 1. The summed E-state index contributed by atoms with van der Waals surface area (Å²) in [6.45, 7) is 20.7. The molecule has 0 spiro atoms. The van der Waals surface area contributed by atoms with Gasteiger partial charge in [-0.25, -0.2) is 9.69 Å². The summed E-state index contributed by atoms with van der Waals surface area (Å²) in [4.78, 5) is 45.2. The maximum absolute atomic E-state index is 15.0. The van der Waals surface area contributed by atoms with Crippen molar-refractivity contribution in [1.82, 2.24) is 4.90 Å². The molecule has 298 valence electrons. The summed E-state index contributed by atoms with van der Waals surface area (Å²) >= 11 is 0. The van der Waals surface area contributed by atoms with Gasteiger partial charge >= 0.3 is 6.09 Å². The number of likely N-dealkylation sites (tertiary alicyclic amines) is 1. The molecule has 0 bridgehead atoms. The van der Waals surface area contributed by atoms with E-state index in [0.29, 0.717) is 6.61 Å². The first kappa shape index (κ1) is 43.8. The van der Waals surface area contributed by atoms with Crippen molar-refractivity contribution in [1.29, 1.82) is 0 Å². The third-order valence-corrected chi connectivity index (χ3v) is 20.6. The van der Waals surface area contributed by atoms with Crippen LogP contribution in [-0.2, 0) is 27.9 Å². The molecular weight excluding hydrogens is 711 g/mol. The predicted octanol–water partition coefficient (Wildman–Crippen LogP) is 8.97. The van der Waals surface area contributed by atoms with Crippen LogP contribution in [0, 0.1) is 5.92 Å². The van der Waals surface area contributed by atoms with Crippen LogP contribution in [0.4, 0.5) is 4.79 Å². The average Bonchev–Trinajstić information content (AvgIpc) is 3.80. The van der Waals surface area contributed by atoms with Gasteiger partial charge in [-0.1, -0.05) is 133 Å². The van der Waals surface area contributed by atoms with E-state index in [1.54, 1.807) is 20.8 Å². The molecule has 0 radical (unpaired) electrons. The minimum Gasteiger partial charge on any atom is -0.443 e. The van der Waals surface area contributed by atoms with Crippen molar-refractivity contribution in [2.24, 2.45) is 5.92 Å². The summed E-state index contributed by atoms with van der Waals surface area (Å²) in [6, 6.07) is 19.1. The lowest BCUT2D eigenvalue weighted by atomic mass is 9.98. The molecule has 5 atom stereocenters. The van der Waals surface area contributed by atoms with Gasteiger partial charge < -0.3 is 18.3 Å². The molecule has 2 saturated heterocycles. The summed E-state index contributed by atoms with van der Waals surface area (Å²) in [6.07, 6.45) is 12.0. The number of hydrogen-bond donors (Lipinski definition) is 0. The second kappa shape index (κ2) is 18.8. The number of amides is 2. The zero-order valence-electron chi connectivity index (χ0n) is 34.7. The topological polar surface area (TPSA) is 94.7 Å². The van der Waals surface area contributed by atoms with Crippen molar-refractivity contribution in [2.75, 3.05) is 13.2 Å². The molecule has 4 rings (SSSR count). The van der Waals surface area contributed by atoms with Crippen LogP contribution < -0.4 is 10.4 Å². The molecule has 2 aliphatic heterocycles. The molecule has 10 heteroatoms. The number of benzene rings is 2. The van der Waals surface area contributed by atoms with E-state index in [4.69, 9.17) is 18.3 Å². The highest BCUT2D eigenvalue weighted by molar-refractivity contribution is 6.99. The minimum atomic E-state index is -3.54. The molecule has 0 aliphatic carbocycles. The summed E-state index contributed by atoms with van der Waals surface area (Å²) in [5.41, 5.74) is -1.60. The van der Waals surface area contributed by atoms with Crippen LogP contribution in [0.1, 0.15) is 107 Å². The minimum absolute atomic E-state index is 0.0629. The monoisotopic (exact) mass is 777 g/mol. The van der Waals surface area contributed by atoms with Gasteiger partial charge in [0.15, 0.2) is 14.1 Å². The number of unbranched alkanes of at least 4 members (excludes halogenated alkanes) is 6. The van der Waals surface area contributed by atoms with E-state index in [-0.39, 0.29) is 29.6 Å². The van der Waals surface area contributed by atoms with E-state index in [2.05, 4.69) is 40.8 Å². The first-order valence-electron chi connectivity index (χ1n) is 20.3. The largest absolute Gasteiger partial charge is 0.443 e. The van der Waals surface area contributed by atoms with Crippen molar-refractivity contribution in [3.8, 4) is 0 Å². The Morgan fingerprint density at radius 1 is 0.815 bits per heavy atom. The van der Waals surface area contributed by atoms with E-state index in [1.165, 1.54) is 49.5 Å². The van der Waals surface area contributed by atoms with Crippen LogP contribution in [0.5, 0.6) is 0 Å². The first-order chi connectivity index (χ1) is 25.5. The fourth-order valence-corrected chi connectivity index (χ4v) is 13.5. The highest BCUT2D eigenvalue weighted by Crippen LogP contribution is 2.46. The second-order valence-electron chi connectivity index (χ2n) is 17.5. The highest BCUT2D eigenvalue weighted by Gasteiger charge is 2.65. The maximum atomic E-state index is 15.0. The number of carbonyl (C=O) groups excluding carboxylic acids is 3. The standard InChI is InChI=1S/C44H67NO7Si2/c1-11-13-14-15-16-17-24-29-37-38(51-37)31-30-36(46)39-40(54(49-12-2,33-25-20-18-21-26-33)34-27-22-19-23-28-34)35(32-50-53(9,10)44(6,7)8)45(41(39)47)42(48)52-43(3,4)5/h18-23,25-28,30-31,35,37-40H,11-17,24,29,32H2,1-10H3/b31-30+/t35-,37+,38+,39+,40-/m1/s1. The fourth-order valence-electron chi connectivity index (χ4n) is 7.45. The lowest BCUT2D eigenvalue weighted by Crippen LogP contribution is -2.68. The molecule has 2 aromatic carbocycles. The predicted molar refractivity (Wildman–Crippen MR) is 222 cm³/mol. The van der Waals surface area contributed by atoms with Gasteiger partial charge in [-0.15, -0.1) is 0 Å². The smallest absolute Gasteiger partial charge is 0.417 e. The van der Waals surface area contributed by atoms with Gasteiger partial charge in [0, 0.05) is 12.1 Å². The van der Waals surface area contributed by atoms with E-state index in [1.807, 2.05) is 73.7 Å². The van der Waals surface area contributed by atoms with Crippen LogP contribution in [0.2, 0.25) is 23.7 Å². The quantitative estimate of drug-likeness (QED) is 0.0462. The normalized spacial score (nSPS) is 22.2. The van der Waals surface area contributed by atoms with Crippen molar-refractivity contribution in [3.63, 3.8) is 0 Å². The molecule has 2 fully saturated rings. The van der Waals surface area contributed by atoms with Gasteiger partial charge in [0.2, 0.25) is 5.91 Å². The Hall–Kier alpha value is -2.90. The summed E-state index contributed by atoms with van der Waals surface area (Å²) in [7, 11) is -5.95. The Bertz CT molecular complexity index is 1510. The number of rotatable bonds is 19. The molecule has 8 nitrogen and oxygen atoms in total. The van der Waals surface area contributed by atoms with E-state index in [9.17, 15) is 14.4 Å². The summed E-state index contributed by atoms with van der Waals surface area (Å²) < 4.78 is 25.9. The third-order valence-electron chi connectivity index (χ3n) is 11.3. The van der Waals surface area contributed by atoms with Crippen molar-refractivity contribution < 1.29 is 32.7 Å². The Balaban J connectivity index is 1.80. The molecule has 0 saturated carbocycles. The lowest BCUT2D eigenvalue weighted by molar-refractivity contribution is -0.135. The Labute approximate surface area is 327 Å². The van der Waals surface area contributed by atoms with Crippen LogP contribution >= 0.6 is 0 Å². The molecule has 2 heterocycles. The molecular formula is C44H67NO7Si2. The second-order valence-corrected chi connectivity index (χ2v) is 25.9. The Kier molecular flexibility index (Phi) is 15.3. The Morgan fingerprint density at radius 3 is 1.89 bits per heavy atom. The summed E-state index contributed by atoms with van der Waals surface area (Å²) in [5.74, 6) is -2.14. The number of epoxide rings is 1. The highest BCUT2D eigenvalue weighted by atomic mass is 28.4. The van der Waals surface area contributed by atoms with Gasteiger partial charge in [-0.05, 0) is 74.8 Å². The van der Waals surface area contributed by atoms with Crippen LogP contribution in [0.15, 0.2) is 72.8 Å². The molecule has 54 heavy (non-hydrogen) atoms. The van der Waals surface area contributed by atoms with Gasteiger partial charge in [-0.2, -0.15) is 0 Å². The molecule has 0 N–H and O–H groups in total.